The normalized spacial score (nSPS) is 11.0. The first-order chi connectivity index (χ1) is 12.0. The molecule has 0 aliphatic carbocycles. The quantitative estimate of drug-likeness (QED) is 0.726. The first-order valence-electron chi connectivity index (χ1n) is 8.42. The van der Waals surface area contributed by atoms with Crippen molar-refractivity contribution in [1.82, 2.24) is 0 Å². The zero-order valence-electron chi connectivity index (χ0n) is 14.3. The van der Waals surface area contributed by atoms with Crippen LogP contribution in [0.1, 0.15) is 41.3 Å². The highest BCUT2D eigenvalue weighted by Gasteiger charge is 2.20. The minimum absolute atomic E-state index is 0.0181. The van der Waals surface area contributed by atoms with Crippen molar-refractivity contribution in [3.63, 3.8) is 0 Å². The molecule has 0 spiro atoms. The van der Waals surface area contributed by atoms with Crippen molar-refractivity contribution in [2.24, 2.45) is 0 Å². The number of hydrogen-bond donors (Lipinski definition) is 1. The van der Waals surface area contributed by atoms with Crippen LogP contribution in [0.15, 0.2) is 51.7 Å². The van der Waals surface area contributed by atoms with Crippen LogP contribution in [0.25, 0.3) is 22.3 Å². The molecule has 3 aromatic rings. The lowest BCUT2D eigenvalue weighted by molar-refractivity contribution is 0.0698. The van der Waals surface area contributed by atoms with Gasteiger partial charge < -0.3 is 9.52 Å². The lowest BCUT2D eigenvalue weighted by Gasteiger charge is -2.12. The van der Waals surface area contributed by atoms with Gasteiger partial charge in [0, 0.05) is 11.1 Å². The van der Waals surface area contributed by atoms with Gasteiger partial charge in [0.2, 0.25) is 0 Å². The molecule has 0 amide bonds. The summed E-state index contributed by atoms with van der Waals surface area (Å²) < 4.78 is 5.99. The van der Waals surface area contributed by atoms with E-state index in [1.54, 1.807) is 13.0 Å². The van der Waals surface area contributed by atoms with Crippen LogP contribution >= 0.6 is 0 Å². The maximum atomic E-state index is 13.0. The summed E-state index contributed by atoms with van der Waals surface area (Å²) in [5.41, 5.74) is 2.13. The van der Waals surface area contributed by atoms with Gasteiger partial charge in [-0.15, -0.1) is 0 Å². The number of fused-ring (bicyclic) bond motifs is 1. The third-order valence-electron chi connectivity index (χ3n) is 4.42. The van der Waals surface area contributed by atoms with E-state index in [1.807, 2.05) is 30.3 Å². The highest BCUT2D eigenvalue weighted by atomic mass is 16.4. The van der Waals surface area contributed by atoms with Gasteiger partial charge in [-0.3, -0.25) is 4.79 Å². The lowest BCUT2D eigenvalue weighted by Crippen LogP contribution is -2.12. The number of unbranched alkanes of at least 4 members (excludes halogenated alkanes) is 1. The molecule has 1 aromatic heterocycles. The Balaban J connectivity index is 2.37. The summed E-state index contributed by atoms with van der Waals surface area (Å²) in [6, 6.07) is 12.5. The first kappa shape index (κ1) is 17.0. The molecule has 0 aliphatic heterocycles. The lowest BCUT2D eigenvalue weighted by atomic mass is 9.97. The molecule has 128 valence electrons. The summed E-state index contributed by atoms with van der Waals surface area (Å²) in [4.78, 5) is 24.7. The Morgan fingerprint density at radius 2 is 1.84 bits per heavy atom. The molecular formula is C21H20O4. The monoisotopic (exact) mass is 336 g/mol. The summed E-state index contributed by atoms with van der Waals surface area (Å²) in [5, 5.41) is 9.90. The fourth-order valence-corrected chi connectivity index (χ4v) is 3.06. The second-order valence-corrected chi connectivity index (χ2v) is 6.14. The average molecular weight is 336 g/mol. The maximum absolute atomic E-state index is 13.0. The molecule has 0 bridgehead atoms. The van der Waals surface area contributed by atoms with Gasteiger partial charge >= 0.3 is 5.97 Å². The Morgan fingerprint density at radius 1 is 1.12 bits per heavy atom. The summed E-state index contributed by atoms with van der Waals surface area (Å²) in [6.45, 7) is 3.81. The van der Waals surface area contributed by atoms with E-state index in [0.29, 0.717) is 16.7 Å². The van der Waals surface area contributed by atoms with E-state index >= 15 is 0 Å². The van der Waals surface area contributed by atoms with Gasteiger partial charge in [0.25, 0.3) is 0 Å². The summed E-state index contributed by atoms with van der Waals surface area (Å²) in [6.07, 6.45) is 2.65. The van der Waals surface area contributed by atoms with Crippen LogP contribution in [0, 0.1) is 6.92 Å². The van der Waals surface area contributed by atoms with Gasteiger partial charge in [-0.1, -0.05) is 49.7 Å². The molecule has 0 saturated carbocycles. The Morgan fingerprint density at radius 3 is 2.48 bits per heavy atom. The van der Waals surface area contributed by atoms with Crippen LogP contribution in [-0.2, 0) is 6.42 Å². The van der Waals surface area contributed by atoms with Crippen molar-refractivity contribution in [2.45, 2.75) is 33.1 Å². The second-order valence-electron chi connectivity index (χ2n) is 6.14. The Bertz CT molecular complexity index is 984. The standard InChI is InChI=1S/C21H20O4/c1-3-4-8-14-11-12-16(21(23)24)20-17(14)18(22)13(2)19(25-20)15-9-6-5-7-10-15/h5-7,9-12H,3-4,8H2,1-2H3,(H,23,24). The van der Waals surface area contributed by atoms with Crippen LogP contribution in [0.5, 0.6) is 0 Å². The molecule has 1 N–H and O–H groups in total. The predicted molar refractivity (Wildman–Crippen MR) is 98.2 cm³/mol. The fourth-order valence-electron chi connectivity index (χ4n) is 3.06. The molecule has 3 rings (SSSR count). The summed E-state index contributed by atoms with van der Waals surface area (Å²) in [5.74, 6) is -0.675. The molecule has 0 fully saturated rings. The van der Waals surface area contributed by atoms with E-state index in [4.69, 9.17) is 4.42 Å². The number of benzene rings is 2. The number of rotatable bonds is 5. The Hall–Kier alpha value is -2.88. The molecule has 0 unspecified atom stereocenters. The van der Waals surface area contributed by atoms with Gasteiger partial charge in [0.1, 0.15) is 11.3 Å². The van der Waals surface area contributed by atoms with Crippen molar-refractivity contribution in [2.75, 3.05) is 0 Å². The van der Waals surface area contributed by atoms with Crippen molar-refractivity contribution >= 4 is 16.9 Å². The van der Waals surface area contributed by atoms with E-state index < -0.39 is 5.97 Å². The molecular weight excluding hydrogens is 316 g/mol. The maximum Gasteiger partial charge on any atom is 0.339 e. The van der Waals surface area contributed by atoms with Crippen molar-refractivity contribution in [3.05, 3.63) is 69.4 Å². The molecule has 2 aromatic carbocycles. The number of aryl methyl sites for hydroxylation is 1. The molecule has 0 aliphatic rings. The number of carboxylic acids is 1. The molecule has 1 heterocycles. The SMILES string of the molecule is CCCCc1ccc(C(=O)O)c2oc(-c3ccccc3)c(C)c(=O)c12. The molecule has 0 atom stereocenters. The Labute approximate surface area is 145 Å². The van der Waals surface area contributed by atoms with E-state index in [9.17, 15) is 14.7 Å². The fraction of sp³-hybridized carbons (Fsp3) is 0.238. The molecule has 4 heteroatoms. The number of aromatic carboxylic acids is 1. The predicted octanol–water partition coefficient (Wildman–Crippen LogP) is 4.81. The Kier molecular flexibility index (Phi) is 4.70. The van der Waals surface area contributed by atoms with Crippen LogP contribution < -0.4 is 5.43 Å². The smallest absolute Gasteiger partial charge is 0.339 e. The first-order valence-corrected chi connectivity index (χ1v) is 8.42. The zero-order chi connectivity index (χ0) is 18.0. The van der Waals surface area contributed by atoms with Crippen molar-refractivity contribution in [1.29, 1.82) is 0 Å². The van der Waals surface area contributed by atoms with Gasteiger partial charge in [0.15, 0.2) is 11.0 Å². The van der Waals surface area contributed by atoms with Crippen molar-refractivity contribution in [3.8, 4) is 11.3 Å². The summed E-state index contributed by atoms with van der Waals surface area (Å²) >= 11 is 0. The van der Waals surface area contributed by atoms with E-state index in [-0.39, 0.29) is 16.6 Å². The number of carbonyl (C=O) groups is 1. The van der Waals surface area contributed by atoms with Crippen LogP contribution in [0.4, 0.5) is 0 Å². The van der Waals surface area contributed by atoms with Crippen LogP contribution in [0.2, 0.25) is 0 Å². The minimum Gasteiger partial charge on any atom is -0.478 e. The summed E-state index contributed by atoms with van der Waals surface area (Å²) in [7, 11) is 0. The largest absolute Gasteiger partial charge is 0.478 e. The molecule has 0 saturated heterocycles. The second kappa shape index (κ2) is 6.93. The van der Waals surface area contributed by atoms with Gasteiger partial charge in [0.05, 0.1) is 5.39 Å². The van der Waals surface area contributed by atoms with Gasteiger partial charge in [-0.25, -0.2) is 4.79 Å². The highest BCUT2D eigenvalue weighted by molar-refractivity contribution is 6.02. The molecule has 0 radical (unpaired) electrons. The van der Waals surface area contributed by atoms with Gasteiger partial charge in [-0.2, -0.15) is 0 Å². The van der Waals surface area contributed by atoms with E-state index in [1.165, 1.54) is 6.07 Å². The molecule has 25 heavy (non-hydrogen) atoms. The third-order valence-corrected chi connectivity index (χ3v) is 4.42. The van der Waals surface area contributed by atoms with E-state index in [0.717, 1.165) is 30.4 Å². The topological polar surface area (TPSA) is 67.5 Å². The van der Waals surface area contributed by atoms with Crippen molar-refractivity contribution < 1.29 is 14.3 Å². The van der Waals surface area contributed by atoms with Crippen LogP contribution in [0.3, 0.4) is 0 Å². The average Bonchev–Trinajstić information content (AvgIpc) is 2.62. The zero-order valence-corrected chi connectivity index (χ0v) is 14.3. The molecule has 4 nitrogen and oxygen atoms in total. The van der Waals surface area contributed by atoms with Gasteiger partial charge in [-0.05, 0) is 31.4 Å². The number of hydrogen-bond acceptors (Lipinski definition) is 3. The highest BCUT2D eigenvalue weighted by Crippen LogP contribution is 2.29. The van der Waals surface area contributed by atoms with Crippen LogP contribution in [-0.4, -0.2) is 11.1 Å². The number of carboxylic acid groups (broad SMARTS) is 1. The minimum atomic E-state index is -1.10. The van der Waals surface area contributed by atoms with E-state index in [2.05, 4.69) is 6.92 Å². The third kappa shape index (κ3) is 3.07.